The number of rotatable bonds is 6. The van der Waals surface area contributed by atoms with E-state index in [0.29, 0.717) is 30.6 Å². The minimum Gasteiger partial charge on any atom is -0.481 e. The molecule has 1 aromatic rings. The number of amides is 1. The molecule has 17 heavy (non-hydrogen) atoms. The normalized spacial score (nSPS) is 9.35. The summed E-state index contributed by atoms with van der Waals surface area (Å²) in [5, 5.41) is 17.2. The summed E-state index contributed by atoms with van der Waals surface area (Å²) in [4.78, 5) is 22.6. The summed E-state index contributed by atoms with van der Waals surface area (Å²) in [6.07, 6.45) is 1.03. The molecule has 1 amide bonds. The third-order valence-corrected chi connectivity index (χ3v) is 2.22. The van der Waals surface area contributed by atoms with Gasteiger partial charge in [-0.15, -0.1) is 0 Å². The number of carboxylic acids is 1. The first kappa shape index (κ1) is 12.7. The lowest BCUT2D eigenvalue weighted by Crippen LogP contribution is -2.22. The van der Waals surface area contributed by atoms with E-state index in [1.54, 1.807) is 24.3 Å². The third-order valence-electron chi connectivity index (χ3n) is 2.22. The molecule has 0 saturated carbocycles. The van der Waals surface area contributed by atoms with Gasteiger partial charge in [-0.05, 0) is 24.6 Å². The molecule has 0 heterocycles. The smallest absolute Gasteiger partial charge is 0.303 e. The maximum Gasteiger partial charge on any atom is 0.303 e. The van der Waals surface area contributed by atoms with Crippen LogP contribution < -0.4 is 4.90 Å². The van der Waals surface area contributed by atoms with E-state index in [2.05, 4.69) is 0 Å². The van der Waals surface area contributed by atoms with Crippen molar-refractivity contribution in [2.24, 2.45) is 0 Å². The highest BCUT2D eigenvalue weighted by atomic mass is 16.4. The number of hydrogen-bond donors (Lipinski definition) is 1. The number of benzene rings is 1. The Hall–Kier alpha value is -2.35. The Morgan fingerprint density at radius 3 is 2.88 bits per heavy atom. The van der Waals surface area contributed by atoms with E-state index in [0.717, 1.165) is 0 Å². The molecule has 0 aromatic heterocycles. The lowest BCUT2D eigenvalue weighted by atomic mass is 10.2. The Morgan fingerprint density at radius 2 is 2.29 bits per heavy atom. The van der Waals surface area contributed by atoms with Crippen molar-refractivity contribution in [1.29, 1.82) is 5.26 Å². The van der Waals surface area contributed by atoms with Crippen LogP contribution in [0.2, 0.25) is 0 Å². The molecule has 5 heteroatoms. The fourth-order valence-corrected chi connectivity index (χ4v) is 1.40. The second kappa shape index (κ2) is 6.28. The second-order valence-electron chi connectivity index (χ2n) is 3.46. The highest BCUT2D eigenvalue weighted by molar-refractivity contribution is 5.75. The molecular formula is C12H12N2O3. The van der Waals surface area contributed by atoms with Gasteiger partial charge in [0, 0.05) is 18.7 Å². The standard InChI is InChI=1S/C12H12N2O3/c13-8-10-3-1-4-11(7-10)14(9-15)6-2-5-12(16)17/h1,3-4,7,9H,2,5-6H2,(H,16,17). The van der Waals surface area contributed by atoms with Crippen LogP contribution in [-0.2, 0) is 9.59 Å². The van der Waals surface area contributed by atoms with Crippen LogP contribution in [0.4, 0.5) is 5.69 Å². The molecule has 0 spiro atoms. The van der Waals surface area contributed by atoms with E-state index in [1.165, 1.54) is 4.90 Å². The molecular weight excluding hydrogens is 220 g/mol. The van der Waals surface area contributed by atoms with Gasteiger partial charge in [0.05, 0.1) is 11.6 Å². The molecule has 88 valence electrons. The molecule has 1 N–H and O–H groups in total. The van der Waals surface area contributed by atoms with Crippen molar-refractivity contribution < 1.29 is 14.7 Å². The quantitative estimate of drug-likeness (QED) is 0.751. The number of nitriles is 1. The Bertz CT molecular complexity index is 451. The monoisotopic (exact) mass is 232 g/mol. The Morgan fingerprint density at radius 1 is 1.53 bits per heavy atom. The minimum absolute atomic E-state index is 0.0162. The number of nitrogens with zero attached hydrogens (tertiary/aromatic N) is 2. The summed E-state index contributed by atoms with van der Waals surface area (Å²) in [6.45, 7) is 0.324. The van der Waals surface area contributed by atoms with Gasteiger partial charge >= 0.3 is 5.97 Å². The summed E-state index contributed by atoms with van der Waals surface area (Å²) < 4.78 is 0. The number of carboxylic acid groups (broad SMARTS) is 1. The molecule has 0 unspecified atom stereocenters. The fraction of sp³-hybridized carbons (Fsp3) is 0.250. The van der Waals surface area contributed by atoms with Crippen LogP contribution in [0.1, 0.15) is 18.4 Å². The van der Waals surface area contributed by atoms with Gasteiger partial charge in [-0.2, -0.15) is 5.26 Å². The highest BCUT2D eigenvalue weighted by Gasteiger charge is 2.06. The van der Waals surface area contributed by atoms with Crippen LogP contribution in [0, 0.1) is 11.3 Å². The van der Waals surface area contributed by atoms with Crippen LogP contribution in [-0.4, -0.2) is 24.0 Å². The van der Waals surface area contributed by atoms with Crippen LogP contribution in [0.5, 0.6) is 0 Å². The molecule has 0 aliphatic rings. The summed E-state index contributed by atoms with van der Waals surface area (Å²) in [5.74, 6) is -0.887. The molecule has 0 bridgehead atoms. The van der Waals surface area contributed by atoms with Crippen LogP contribution in [0.3, 0.4) is 0 Å². The predicted octanol–water partition coefficient (Wildman–Crippen LogP) is 1.39. The second-order valence-corrected chi connectivity index (χ2v) is 3.46. The van der Waals surface area contributed by atoms with Crippen LogP contribution in [0.15, 0.2) is 24.3 Å². The summed E-state index contributed by atoms with van der Waals surface area (Å²) in [7, 11) is 0. The van der Waals surface area contributed by atoms with Gasteiger partial charge in [0.2, 0.25) is 6.41 Å². The van der Waals surface area contributed by atoms with E-state index in [-0.39, 0.29) is 6.42 Å². The molecule has 1 rings (SSSR count). The number of hydrogen-bond acceptors (Lipinski definition) is 3. The first-order valence-electron chi connectivity index (χ1n) is 5.11. The zero-order valence-corrected chi connectivity index (χ0v) is 9.17. The lowest BCUT2D eigenvalue weighted by molar-refractivity contribution is -0.137. The highest BCUT2D eigenvalue weighted by Crippen LogP contribution is 2.15. The number of carbonyl (C=O) groups is 2. The summed E-state index contributed by atoms with van der Waals surface area (Å²) in [6, 6.07) is 8.61. The van der Waals surface area contributed by atoms with Gasteiger partial charge in [0.1, 0.15) is 0 Å². The Kier molecular flexibility index (Phi) is 4.70. The van der Waals surface area contributed by atoms with Crippen LogP contribution in [0.25, 0.3) is 0 Å². The summed E-state index contributed by atoms with van der Waals surface area (Å²) >= 11 is 0. The molecule has 0 aliphatic carbocycles. The van der Waals surface area contributed by atoms with Crippen molar-refractivity contribution in [2.45, 2.75) is 12.8 Å². The fourth-order valence-electron chi connectivity index (χ4n) is 1.40. The van der Waals surface area contributed by atoms with Crippen molar-refractivity contribution in [3.05, 3.63) is 29.8 Å². The average Bonchev–Trinajstić information content (AvgIpc) is 2.34. The van der Waals surface area contributed by atoms with E-state index in [4.69, 9.17) is 10.4 Å². The minimum atomic E-state index is -0.887. The maximum absolute atomic E-state index is 10.9. The third kappa shape index (κ3) is 3.95. The van der Waals surface area contributed by atoms with E-state index in [9.17, 15) is 9.59 Å². The molecule has 0 fully saturated rings. The van der Waals surface area contributed by atoms with Gasteiger partial charge < -0.3 is 10.0 Å². The Labute approximate surface area is 98.9 Å². The first-order chi connectivity index (χ1) is 8.17. The number of anilines is 1. The average molecular weight is 232 g/mol. The van der Waals surface area contributed by atoms with Crippen molar-refractivity contribution in [3.8, 4) is 6.07 Å². The topological polar surface area (TPSA) is 81.4 Å². The molecule has 0 radical (unpaired) electrons. The molecule has 5 nitrogen and oxygen atoms in total. The van der Waals surface area contributed by atoms with E-state index < -0.39 is 5.97 Å². The Balaban J connectivity index is 2.69. The van der Waals surface area contributed by atoms with Crippen molar-refractivity contribution in [3.63, 3.8) is 0 Å². The molecule has 0 saturated heterocycles. The van der Waals surface area contributed by atoms with Gasteiger partial charge in [-0.25, -0.2) is 0 Å². The number of aliphatic carboxylic acids is 1. The molecule has 1 aromatic carbocycles. The SMILES string of the molecule is N#Cc1cccc(N(C=O)CCCC(=O)O)c1. The maximum atomic E-state index is 10.9. The van der Waals surface area contributed by atoms with Crippen molar-refractivity contribution in [1.82, 2.24) is 0 Å². The van der Waals surface area contributed by atoms with Gasteiger partial charge in [0.15, 0.2) is 0 Å². The molecule has 0 aliphatic heterocycles. The zero-order valence-electron chi connectivity index (χ0n) is 9.17. The summed E-state index contributed by atoms with van der Waals surface area (Å²) in [5.41, 5.74) is 1.07. The molecule has 0 atom stereocenters. The van der Waals surface area contributed by atoms with Gasteiger partial charge in [-0.1, -0.05) is 6.07 Å². The number of carbonyl (C=O) groups excluding carboxylic acids is 1. The zero-order chi connectivity index (χ0) is 12.7. The van der Waals surface area contributed by atoms with Gasteiger partial charge in [0.25, 0.3) is 0 Å². The van der Waals surface area contributed by atoms with Crippen molar-refractivity contribution in [2.75, 3.05) is 11.4 Å². The lowest BCUT2D eigenvalue weighted by Gasteiger charge is -2.16. The van der Waals surface area contributed by atoms with Crippen molar-refractivity contribution >= 4 is 18.1 Å². The predicted molar refractivity (Wildman–Crippen MR) is 61.4 cm³/mol. The largest absolute Gasteiger partial charge is 0.481 e. The van der Waals surface area contributed by atoms with E-state index >= 15 is 0 Å². The van der Waals surface area contributed by atoms with Gasteiger partial charge in [-0.3, -0.25) is 9.59 Å². The van der Waals surface area contributed by atoms with Crippen LogP contribution >= 0.6 is 0 Å². The first-order valence-corrected chi connectivity index (χ1v) is 5.11. The van der Waals surface area contributed by atoms with E-state index in [1.807, 2.05) is 6.07 Å².